The number of carbonyl (C=O) groups excluding carboxylic acids is 2. The summed E-state index contributed by atoms with van der Waals surface area (Å²) in [6.45, 7) is 3.40. The maximum absolute atomic E-state index is 13.9. The summed E-state index contributed by atoms with van der Waals surface area (Å²) in [5, 5.41) is 5.10. The van der Waals surface area contributed by atoms with Crippen LogP contribution in [-0.4, -0.2) is 27.0 Å². The van der Waals surface area contributed by atoms with Gasteiger partial charge in [0.1, 0.15) is 23.2 Å². The molecule has 0 radical (unpaired) electrons. The third-order valence-corrected chi connectivity index (χ3v) is 4.97. The first-order valence-corrected chi connectivity index (χ1v) is 9.33. The molecule has 0 aliphatic rings. The van der Waals surface area contributed by atoms with Gasteiger partial charge in [0.05, 0.1) is 11.0 Å². The van der Waals surface area contributed by atoms with E-state index in [-0.39, 0.29) is 11.6 Å². The van der Waals surface area contributed by atoms with Gasteiger partial charge in [0.2, 0.25) is 5.91 Å². The van der Waals surface area contributed by atoms with E-state index in [1.807, 2.05) is 0 Å². The van der Waals surface area contributed by atoms with Crippen molar-refractivity contribution in [2.45, 2.75) is 19.9 Å². The Morgan fingerprint density at radius 1 is 0.967 bits per heavy atom. The molecule has 1 heterocycles. The number of anilines is 1. The molecule has 0 bridgehead atoms. The van der Waals surface area contributed by atoms with Crippen molar-refractivity contribution in [1.29, 1.82) is 0 Å². The van der Waals surface area contributed by atoms with Gasteiger partial charge in [-0.25, -0.2) is 13.6 Å². The van der Waals surface area contributed by atoms with Gasteiger partial charge in [-0.2, -0.15) is 0 Å². The number of aromatic nitrogens is 2. The number of imidazole rings is 1. The van der Waals surface area contributed by atoms with E-state index in [1.54, 1.807) is 46.1 Å². The molecule has 158 valence electrons. The third kappa shape index (κ3) is 3.83. The third-order valence-electron chi connectivity index (χ3n) is 4.97. The van der Waals surface area contributed by atoms with Gasteiger partial charge in [-0.1, -0.05) is 19.9 Å². The molecule has 0 aliphatic carbocycles. The van der Waals surface area contributed by atoms with E-state index in [9.17, 15) is 23.2 Å². The number of carbonyl (C=O) groups is 2. The quantitative estimate of drug-likeness (QED) is 0.670. The van der Waals surface area contributed by atoms with E-state index in [2.05, 4.69) is 10.6 Å². The van der Waals surface area contributed by atoms with Crippen LogP contribution >= 0.6 is 0 Å². The minimum atomic E-state index is -1.04. The number of hydrogen-bond donors (Lipinski definition) is 2. The first-order valence-electron chi connectivity index (χ1n) is 9.33. The molecule has 9 heteroatoms. The summed E-state index contributed by atoms with van der Waals surface area (Å²) in [7, 11) is 3.27. The average Bonchev–Trinajstić information content (AvgIpc) is 2.89. The van der Waals surface area contributed by atoms with Gasteiger partial charge < -0.3 is 10.6 Å². The Morgan fingerprint density at radius 2 is 1.57 bits per heavy atom. The predicted molar refractivity (Wildman–Crippen MR) is 109 cm³/mol. The number of benzene rings is 2. The standard InChI is InChI=1S/C21H22F2N4O3/c1-11(2)18(25-19(28)17-13(22)6-5-7-14(17)23)20(29)24-12-8-9-15-16(10-12)27(4)21(30)26(15)3/h5-11,18H,1-4H3,(H,24,29)(H,25,28)/t18-/m1/s1. The first kappa shape index (κ1) is 21.2. The number of nitrogens with zero attached hydrogens (tertiary/aromatic N) is 2. The van der Waals surface area contributed by atoms with Gasteiger partial charge in [0.15, 0.2) is 0 Å². The van der Waals surface area contributed by atoms with Crippen LogP contribution in [0.3, 0.4) is 0 Å². The summed E-state index contributed by atoms with van der Waals surface area (Å²) in [5.41, 5.74) is 0.804. The Labute approximate surface area is 171 Å². The van der Waals surface area contributed by atoms with Gasteiger partial charge in [0, 0.05) is 19.8 Å². The Bertz CT molecular complexity index is 1180. The van der Waals surface area contributed by atoms with E-state index in [1.165, 1.54) is 9.13 Å². The molecular weight excluding hydrogens is 394 g/mol. The molecule has 1 atom stereocenters. The zero-order valence-corrected chi connectivity index (χ0v) is 17.0. The zero-order valence-electron chi connectivity index (χ0n) is 17.0. The van der Waals surface area contributed by atoms with Crippen molar-refractivity contribution < 1.29 is 18.4 Å². The minimum Gasteiger partial charge on any atom is -0.340 e. The molecular formula is C21H22F2N4O3. The summed E-state index contributed by atoms with van der Waals surface area (Å²) >= 11 is 0. The Morgan fingerprint density at radius 3 is 2.17 bits per heavy atom. The SMILES string of the molecule is CC(C)[C@@H](NC(=O)c1c(F)cccc1F)C(=O)Nc1ccc2c(c1)n(C)c(=O)n2C. The van der Waals surface area contributed by atoms with E-state index < -0.39 is 35.1 Å². The highest BCUT2D eigenvalue weighted by atomic mass is 19.1. The van der Waals surface area contributed by atoms with Crippen molar-refractivity contribution in [1.82, 2.24) is 14.5 Å². The monoisotopic (exact) mass is 416 g/mol. The van der Waals surface area contributed by atoms with E-state index in [0.29, 0.717) is 16.7 Å². The second-order valence-corrected chi connectivity index (χ2v) is 7.39. The van der Waals surface area contributed by atoms with Crippen molar-refractivity contribution in [3.05, 3.63) is 64.1 Å². The lowest BCUT2D eigenvalue weighted by Crippen LogP contribution is -2.47. The van der Waals surface area contributed by atoms with E-state index in [4.69, 9.17) is 0 Å². The molecule has 3 aromatic rings. The Hall–Kier alpha value is -3.49. The van der Waals surface area contributed by atoms with Crippen molar-refractivity contribution in [2.75, 3.05) is 5.32 Å². The largest absolute Gasteiger partial charge is 0.340 e. The van der Waals surface area contributed by atoms with Crippen molar-refractivity contribution in [3.8, 4) is 0 Å². The van der Waals surface area contributed by atoms with Crippen LogP contribution in [-0.2, 0) is 18.9 Å². The first-order chi connectivity index (χ1) is 14.1. The molecule has 1 aromatic heterocycles. The van der Waals surface area contributed by atoms with Crippen LogP contribution < -0.4 is 16.3 Å². The molecule has 0 spiro atoms. The maximum Gasteiger partial charge on any atom is 0.328 e. The van der Waals surface area contributed by atoms with Gasteiger partial charge in [-0.15, -0.1) is 0 Å². The number of nitrogens with one attached hydrogen (secondary N) is 2. The molecule has 0 saturated heterocycles. The molecule has 2 amide bonds. The molecule has 2 N–H and O–H groups in total. The van der Waals surface area contributed by atoms with Crippen LogP contribution in [0.2, 0.25) is 0 Å². The molecule has 7 nitrogen and oxygen atoms in total. The number of hydrogen-bond acceptors (Lipinski definition) is 3. The lowest BCUT2D eigenvalue weighted by atomic mass is 10.0. The second-order valence-electron chi connectivity index (χ2n) is 7.39. The summed E-state index contributed by atoms with van der Waals surface area (Å²) < 4.78 is 30.7. The molecule has 0 aliphatic heterocycles. The fourth-order valence-electron chi connectivity index (χ4n) is 3.27. The summed E-state index contributed by atoms with van der Waals surface area (Å²) in [6, 6.07) is 7.04. The molecule has 3 rings (SSSR count). The van der Waals surface area contributed by atoms with Crippen LogP contribution in [0, 0.1) is 17.6 Å². The van der Waals surface area contributed by atoms with Crippen LogP contribution in [0.25, 0.3) is 11.0 Å². The second kappa shape index (κ2) is 8.10. The number of rotatable bonds is 5. The Kier molecular flexibility index (Phi) is 5.73. The van der Waals surface area contributed by atoms with Crippen molar-refractivity contribution in [2.24, 2.45) is 20.0 Å². The fourth-order valence-corrected chi connectivity index (χ4v) is 3.27. The van der Waals surface area contributed by atoms with Crippen LogP contribution in [0.15, 0.2) is 41.2 Å². The smallest absolute Gasteiger partial charge is 0.328 e. The highest BCUT2D eigenvalue weighted by molar-refractivity contribution is 6.02. The minimum absolute atomic E-state index is 0.201. The molecule has 2 aromatic carbocycles. The van der Waals surface area contributed by atoms with E-state index >= 15 is 0 Å². The van der Waals surface area contributed by atoms with Gasteiger partial charge in [-0.05, 0) is 36.2 Å². The number of aryl methyl sites for hydroxylation is 2. The van der Waals surface area contributed by atoms with E-state index in [0.717, 1.165) is 18.2 Å². The molecule has 0 unspecified atom stereocenters. The number of fused-ring (bicyclic) bond motifs is 1. The summed E-state index contributed by atoms with van der Waals surface area (Å²) in [6.07, 6.45) is 0. The van der Waals surface area contributed by atoms with Crippen LogP contribution in [0.4, 0.5) is 14.5 Å². The average molecular weight is 416 g/mol. The summed E-state index contributed by atoms with van der Waals surface area (Å²) in [4.78, 5) is 37.3. The normalized spacial score (nSPS) is 12.2. The van der Waals surface area contributed by atoms with Crippen LogP contribution in [0.1, 0.15) is 24.2 Å². The predicted octanol–water partition coefficient (Wildman–Crippen LogP) is 2.55. The van der Waals surface area contributed by atoms with Crippen molar-refractivity contribution in [3.63, 3.8) is 0 Å². The number of halogens is 2. The Balaban J connectivity index is 1.84. The highest BCUT2D eigenvalue weighted by Crippen LogP contribution is 2.19. The fraction of sp³-hybridized carbons (Fsp3) is 0.286. The lowest BCUT2D eigenvalue weighted by molar-refractivity contribution is -0.118. The summed E-state index contributed by atoms with van der Waals surface area (Å²) in [5.74, 6) is -3.93. The molecule has 0 fully saturated rings. The molecule has 0 saturated carbocycles. The van der Waals surface area contributed by atoms with Gasteiger partial charge in [-0.3, -0.25) is 18.7 Å². The highest BCUT2D eigenvalue weighted by Gasteiger charge is 2.27. The van der Waals surface area contributed by atoms with Crippen molar-refractivity contribution >= 4 is 28.5 Å². The maximum atomic E-state index is 13.9. The lowest BCUT2D eigenvalue weighted by Gasteiger charge is -2.22. The number of amides is 2. The molecule has 30 heavy (non-hydrogen) atoms. The van der Waals surface area contributed by atoms with Gasteiger partial charge in [0.25, 0.3) is 5.91 Å². The van der Waals surface area contributed by atoms with Gasteiger partial charge >= 0.3 is 5.69 Å². The van der Waals surface area contributed by atoms with Crippen LogP contribution in [0.5, 0.6) is 0 Å². The topological polar surface area (TPSA) is 85.1 Å². The zero-order chi connectivity index (χ0) is 22.2.